The zero-order chi connectivity index (χ0) is 19.3. The number of nitrogens with zero attached hydrogens (tertiary/aromatic N) is 1. The molecule has 2 rings (SSSR count). The maximum Gasteiger partial charge on any atom is 0.251 e. The zero-order valence-corrected chi connectivity index (χ0v) is 16.3. The molecule has 0 bridgehead atoms. The number of carbonyl (C=O) groups excluding carboxylic acids is 1. The molecule has 2 aromatic rings. The number of carbonyl (C=O) groups is 1. The van der Waals surface area contributed by atoms with Crippen molar-refractivity contribution in [3.8, 4) is 0 Å². The topological polar surface area (TPSA) is 78.5 Å². The number of anilines is 1. The van der Waals surface area contributed by atoms with E-state index >= 15 is 0 Å². The molecule has 0 aromatic heterocycles. The molecule has 0 fully saturated rings. The van der Waals surface area contributed by atoms with Crippen LogP contribution in [0.5, 0.6) is 0 Å². The van der Waals surface area contributed by atoms with Crippen molar-refractivity contribution in [3.05, 3.63) is 59.7 Å². The first-order valence-electron chi connectivity index (χ1n) is 8.36. The lowest BCUT2D eigenvalue weighted by molar-refractivity contribution is 0.0950. The lowest BCUT2D eigenvalue weighted by Crippen LogP contribution is -2.30. The Labute approximate surface area is 155 Å². The van der Waals surface area contributed by atoms with Crippen molar-refractivity contribution >= 4 is 21.6 Å². The van der Waals surface area contributed by atoms with Crippen LogP contribution >= 0.6 is 0 Å². The van der Waals surface area contributed by atoms with Gasteiger partial charge >= 0.3 is 0 Å². The first-order valence-corrected chi connectivity index (χ1v) is 9.84. The molecule has 0 aliphatic carbocycles. The monoisotopic (exact) mass is 375 g/mol. The summed E-state index contributed by atoms with van der Waals surface area (Å²) >= 11 is 0. The number of hydrogen-bond donors (Lipinski definition) is 2. The van der Waals surface area contributed by atoms with Crippen LogP contribution in [0.2, 0.25) is 0 Å². The summed E-state index contributed by atoms with van der Waals surface area (Å²) in [6.45, 7) is 3.86. The molecule has 7 heteroatoms. The fourth-order valence-electron chi connectivity index (χ4n) is 2.38. The van der Waals surface area contributed by atoms with Crippen molar-refractivity contribution in [2.45, 2.75) is 31.3 Å². The molecule has 0 saturated carbocycles. The minimum atomic E-state index is -3.63. The Hall–Kier alpha value is -2.38. The van der Waals surface area contributed by atoms with Crippen molar-refractivity contribution in [2.24, 2.45) is 0 Å². The number of hydrogen-bond acceptors (Lipinski definition) is 4. The smallest absolute Gasteiger partial charge is 0.251 e. The van der Waals surface area contributed by atoms with Crippen molar-refractivity contribution in [3.63, 3.8) is 0 Å². The first kappa shape index (κ1) is 19.9. The molecule has 1 amide bonds. The van der Waals surface area contributed by atoms with Crippen LogP contribution in [-0.2, 0) is 16.6 Å². The summed E-state index contributed by atoms with van der Waals surface area (Å²) in [5, 5.41) is 2.82. The summed E-state index contributed by atoms with van der Waals surface area (Å²) in [6.07, 6.45) is 0. The van der Waals surface area contributed by atoms with Crippen LogP contribution in [-0.4, -0.2) is 34.5 Å². The van der Waals surface area contributed by atoms with Crippen LogP contribution in [0.25, 0.3) is 0 Å². The van der Waals surface area contributed by atoms with Gasteiger partial charge in [0.15, 0.2) is 0 Å². The van der Waals surface area contributed by atoms with E-state index in [-0.39, 0.29) is 16.8 Å². The molecule has 0 radical (unpaired) electrons. The Morgan fingerprint density at radius 3 is 2.31 bits per heavy atom. The summed E-state index contributed by atoms with van der Waals surface area (Å²) in [5.41, 5.74) is 2.35. The van der Waals surface area contributed by atoms with Crippen molar-refractivity contribution in [1.29, 1.82) is 0 Å². The second-order valence-electron chi connectivity index (χ2n) is 6.55. The number of nitrogens with one attached hydrogen (secondary N) is 2. The first-order chi connectivity index (χ1) is 12.2. The van der Waals surface area contributed by atoms with E-state index in [1.54, 1.807) is 26.0 Å². The van der Waals surface area contributed by atoms with Crippen LogP contribution in [0.3, 0.4) is 0 Å². The SMILES string of the molecule is CC(C)NS(=O)(=O)c1cccc(C(=O)NCc2ccc(N(C)C)cc2)c1. The third-order valence-electron chi connectivity index (χ3n) is 3.70. The third kappa shape index (κ3) is 5.31. The highest BCUT2D eigenvalue weighted by Gasteiger charge is 2.17. The van der Waals surface area contributed by atoms with E-state index in [2.05, 4.69) is 10.0 Å². The highest BCUT2D eigenvalue weighted by atomic mass is 32.2. The van der Waals surface area contributed by atoms with Gasteiger partial charge in [-0.15, -0.1) is 0 Å². The van der Waals surface area contributed by atoms with Crippen LogP contribution < -0.4 is 14.9 Å². The van der Waals surface area contributed by atoms with Crippen molar-refractivity contribution in [1.82, 2.24) is 10.0 Å². The van der Waals surface area contributed by atoms with Crippen LogP contribution in [0.15, 0.2) is 53.4 Å². The summed E-state index contributed by atoms with van der Waals surface area (Å²) < 4.78 is 27.0. The van der Waals surface area contributed by atoms with Gasteiger partial charge in [0.25, 0.3) is 5.91 Å². The molecule has 0 saturated heterocycles. The van der Waals surface area contributed by atoms with Crippen molar-refractivity contribution < 1.29 is 13.2 Å². The number of sulfonamides is 1. The van der Waals surface area contributed by atoms with E-state index in [1.165, 1.54) is 12.1 Å². The zero-order valence-electron chi connectivity index (χ0n) is 15.5. The van der Waals surface area contributed by atoms with Crippen LogP contribution in [0, 0.1) is 0 Å². The Morgan fingerprint density at radius 1 is 1.08 bits per heavy atom. The number of benzene rings is 2. The Balaban J connectivity index is 2.07. The lowest BCUT2D eigenvalue weighted by atomic mass is 10.1. The fourth-order valence-corrected chi connectivity index (χ4v) is 3.68. The predicted octanol–water partition coefficient (Wildman–Crippen LogP) is 2.37. The highest BCUT2D eigenvalue weighted by molar-refractivity contribution is 7.89. The molecule has 0 aliphatic heterocycles. The maximum absolute atomic E-state index is 12.4. The van der Waals surface area contributed by atoms with E-state index < -0.39 is 10.0 Å². The Kier molecular flexibility index (Phi) is 6.39. The molecule has 0 heterocycles. The number of rotatable bonds is 7. The van der Waals surface area contributed by atoms with Gasteiger partial charge in [0.1, 0.15) is 0 Å². The largest absolute Gasteiger partial charge is 0.378 e. The highest BCUT2D eigenvalue weighted by Crippen LogP contribution is 2.14. The lowest BCUT2D eigenvalue weighted by Gasteiger charge is -2.13. The number of amides is 1. The molecule has 0 spiro atoms. The Bertz CT molecular complexity index is 860. The molecule has 26 heavy (non-hydrogen) atoms. The quantitative estimate of drug-likeness (QED) is 0.779. The van der Waals surface area contributed by atoms with Crippen molar-refractivity contribution in [2.75, 3.05) is 19.0 Å². The van der Waals surface area contributed by atoms with E-state index in [0.717, 1.165) is 11.3 Å². The van der Waals surface area contributed by atoms with E-state index in [0.29, 0.717) is 12.1 Å². The summed E-state index contributed by atoms with van der Waals surface area (Å²) in [5.74, 6) is -0.316. The van der Waals surface area contributed by atoms with Gasteiger partial charge in [-0.3, -0.25) is 4.79 Å². The third-order valence-corrected chi connectivity index (χ3v) is 5.36. The van der Waals surface area contributed by atoms with Gasteiger partial charge in [-0.25, -0.2) is 13.1 Å². The van der Waals surface area contributed by atoms with E-state index in [9.17, 15) is 13.2 Å². The predicted molar refractivity (Wildman–Crippen MR) is 104 cm³/mol. The Morgan fingerprint density at radius 2 is 1.73 bits per heavy atom. The molecule has 2 aromatic carbocycles. The molecular formula is C19H25N3O3S. The fraction of sp³-hybridized carbons (Fsp3) is 0.316. The molecule has 0 atom stereocenters. The van der Waals surface area contributed by atoms with E-state index in [1.807, 2.05) is 43.3 Å². The molecule has 6 nitrogen and oxygen atoms in total. The van der Waals surface area contributed by atoms with Gasteiger partial charge in [0.05, 0.1) is 4.90 Å². The van der Waals surface area contributed by atoms with Gasteiger partial charge in [0, 0.05) is 37.9 Å². The molecule has 0 unspecified atom stereocenters. The van der Waals surface area contributed by atoms with Crippen LogP contribution in [0.4, 0.5) is 5.69 Å². The second-order valence-corrected chi connectivity index (χ2v) is 8.26. The molecular weight excluding hydrogens is 350 g/mol. The minimum absolute atomic E-state index is 0.0779. The maximum atomic E-state index is 12.4. The normalized spacial score (nSPS) is 11.4. The summed E-state index contributed by atoms with van der Waals surface area (Å²) in [7, 11) is 0.298. The van der Waals surface area contributed by atoms with Gasteiger partial charge in [-0.05, 0) is 49.7 Å². The van der Waals surface area contributed by atoms with Gasteiger partial charge in [0.2, 0.25) is 10.0 Å². The van der Waals surface area contributed by atoms with Gasteiger partial charge in [-0.2, -0.15) is 0 Å². The minimum Gasteiger partial charge on any atom is -0.378 e. The summed E-state index contributed by atoms with van der Waals surface area (Å²) in [4.78, 5) is 14.4. The van der Waals surface area contributed by atoms with Gasteiger partial charge in [-0.1, -0.05) is 18.2 Å². The van der Waals surface area contributed by atoms with Crippen LogP contribution in [0.1, 0.15) is 29.8 Å². The average molecular weight is 375 g/mol. The van der Waals surface area contributed by atoms with Gasteiger partial charge < -0.3 is 10.2 Å². The molecule has 140 valence electrons. The second kappa shape index (κ2) is 8.33. The van der Waals surface area contributed by atoms with E-state index in [4.69, 9.17) is 0 Å². The molecule has 0 aliphatic rings. The standard InChI is InChI=1S/C19H25N3O3S/c1-14(2)21-26(24,25)18-7-5-6-16(12-18)19(23)20-13-15-8-10-17(11-9-15)22(3)4/h5-12,14,21H,13H2,1-4H3,(H,20,23). The average Bonchev–Trinajstić information content (AvgIpc) is 2.59. The molecule has 2 N–H and O–H groups in total. The summed E-state index contributed by atoms with van der Waals surface area (Å²) in [6, 6.07) is 13.7.